The van der Waals surface area contributed by atoms with Crippen molar-refractivity contribution in [2.24, 2.45) is 5.92 Å². The van der Waals surface area contributed by atoms with E-state index >= 15 is 0 Å². The lowest BCUT2D eigenvalue weighted by molar-refractivity contribution is -0.129. The monoisotopic (exact) mass is 564 g/mol. The summed E-state index contributed by atoms with van der Waals surface area (Å²) in [5.41, 5.74) is 4.62. The normalized spacial score (nSPS) is 20.8. The molecule has 3 aliphatic rings. The molecule has 0 radical (unpaired) electrons. The molecule has 40 heavy (non-hydrogen) atoms. The average Bonchev–Trinajstić information content (AvgIpc) is 3.74. The van der Waals surface area contributed by atoms with Crippen LogP contribution >= 0.6 is 0 Å². The molecule has 2 aliphatic carbocycles. The van der Waals surface area contributed by atoms with Crippen LogP contribution in [0.2, 0.25) is 0 Å². The highest BCUT2D eigenvalue weighted by molar-refractivity contribution is 7.89. The minimum Gasteiger partial charge on any atom is -0.349 e. The molecule has 2 N–H and O–H groups in total. The largest absolute Gasteiger partial charge is 0.349 e. The van der Waals surface area contributed by atoms with E-state index in [1.165, 1.54) is 55.0 Å². The third kappa shape index (κ3) is 6.58. The van der Waals surface area contributed by atoms with E-state index in [2.05, 4.69) is 40.7 Å². The van der Waals surface area contributed by atoms with Gasteiger partial charge in [0.1, 0.15) is 6.04 Å². The maximum absolute atomic E-state index is 13.4. The van der Waals surface area contributed by atoms with Gasteiger partial charge in [0.05, 0.1) is 17.4 Å². The maximum atomic E-state index is 13.4. The first-order chi connectivity index (χ1) is 19.2. The number of aryl methyl sites for hydroxylation is 2. The standard InChI is InChI=1S/C31H40N4O4S/c1-3-16-34(20-23-9-10-23)21-24-11-14-27-25(18-24)5-4-6-28(27)33-30(36)19-29-31(37)32-15-17-35(29)40(38,39)26-12-7-22(2)8-13-26/h7-8,11-15,17-18,23,28-29H,3-6,9-10,16,19-21H2,1-2H3,(H,32,37)(H,33,36)/t28-,29-/m1/s1. The van der Waals surface area contributed by atoms with Crippen molar-refractivity contribution in [3.8, 4) is 0 Å². The summed E-state index contributed by atoms with van der Waals surface area (Å²) in [5.74, 6) is -0.0156. The molecule has 9 heteroatoms. The number of hydrogen-bond donors (Lipinski definition) is 2. The van der Waals surface area contributed by atoms with Crippen molar-refractivity contribution in [2.75, 3.05) is 13.1 Å². The molecule has 2 amide bonds. The number of sulfonamides is 1. The molecule has 8 nitrogen and oxygen atoms in total. The SMILES string of the molecule is CCCN(Cc1ccc2c(c1)CCC[C@H]2NC(=O)C[C@@H]1C(=O)NC=CN1S(=O)(=O)c1ccc(C)cc1)CC1CC1. The first kappa shape index (κ1) is 28.4. The van der Waals surface area contributed by atoms with Gasteiger partial charge in [0.25, 0.3) is 10.0 Å². The quantitative estimate of drug-likeness (QED) is 0.427. The summed E-state index contributed by atoms with van der Waals surface area (Å²) < 4.78 is 27.7. The molecule has 2 atom stereocenters. The topological polar surface area (TPSA) is 98.8 Å². The minimum atomic E-state index is -4.01. The summed E-state index contributed by atoms with van der Waals surface area (Å²) in [6, 6.07) is 11.7. The number of carbonyl (C=O) groups excluding carboxylic acids is 2. The Labute approximate surface area is 237 Å². The van der Waals surface area contributed by atoms with Crippen molar-refractivity contribution < 1.29 is 18.0 Å². The second-order valence-electron chi connectivity index (χ2n) is 11.4. The first-order valence-corrected chi connectivity index (χ1v) is 15.9. The zero-order valence-electron chi connectivity index (χ0n) is 23.4. The van der Waals surface area contributed by atoms with Gasteiger partial charge in [-0.2, -0.15) is 0 Å². The molecule has 0 saturated heterocycles. The number of carbonyl (C=O) groups is 2. The molecule has 0 aromatic heterocycles. The molecule has 1 aliphatic heterocycles. The van der Waals surface area contributed by atoms with E-state index in [1.54, 1.807) is 12.1 Å². The third-order valence-electron chi connectivity index (χ3n) is 8.05. The number of amides is 2. The van der Waals surface area contributed by atoms with Crippen molar-refractivity contribution in [1.29, 1.82) is 0 Å². The molecule has 1 fully saturated rings. The molecular formula is C31H40N4O4S. The van der Waals surface area contributed by atoms with Crippen molar-refractivity contribution >= 4 is 21.8 Å². The number of fused-ring (bicyclic) bond motifs is 1. The van der Waals surface area contributed by atoms with Gasteiger partial charge < -0.3 is 10.6 Å². The van der Waals surface area contributed by atoms with Gasteiger partial charge in [-0.3, -0.25) is 18.8 Å². The summed E-state index contributed by atoms with van der Waals surface area (Å²) in [4.78, 5) is 28.6. The van der Waals surface area contributed by atoms with Crippen LogP contribution in [0, 0.1) is 12.8 Å². The van der Waals surface area contributed by atoms with Crippen molar-refractivity contribution in [2.45, 2.75) is 82.3 Å². The van der Waals surface area contributed by atoms with Crippen LogP contribution in [0.5, 0.6) is 0 Å². The fourth-order valence-corrected chi connectivity index (χ4v) is 7.24. The molecular weight excluding hydrogens is 524 g/mol. The van der Waals surface area contributed by atoms with Crippen LogP contribution in [-0.4, -0.2) is 48.6 Å². The van der Waals surface area contributed by atoms with E-state index in [0.717, 1.165) is 60.1 Å². The minimum absolute atomic E-state index is 0.0782. The van der Waals surface area contributed by atoms with E-state index < -0.39 is 22.0 Å². The molecule has 2 aromatic rings. The molecule has 5 rings (SSSR count). The molecule has 0 spiro atoms. The number of nitrogens with zero attached hydrogens (tertiary/aromatic N) is 2. The number of rotatable bonds is 11. The second kappa shape index (κ2) is 12.1. The number of benzene rings is 2. The van der Waals surface area contributed by atoms with Crippen molar-refractivity contribution in [3.63, 3.8) is 0 Å². The Balaban J connectivity index is 1.27. The molecule has 2 aromatic carbocycles. The Bertz CT molecular complexity index is 1370. The maximum Gasteiger partial charge on any atom is 0.264 e. The fraction of sp³-hybridized carbons (Fsp3) is 0.484. The molecule has 1 saturated carbocycles. The molecule has 214 valence electrons. The summed E-state index contributed by atoms with van der Waals surface area (Å²) >= 11 is 0. The Kier molecular flexibility index (Phi) is 8.61. The van der Waals surface area contributed by atoms with Crippen LogP contribution in [0.4, 0.5) is 0 Å². The van der Waals surface area contributed by atoms with Gasteiger partial charge in [0, 0.05) is 25.5 Å². The zero-order valence-corrected chi connectivity index (χ0v) is 24.3. The van der Waals surface area contributed by atoms with Gasteiger partial charge in [-0.1, -0.05) is 42.8 Å². The van der Waals surface area contributed by atoms with Gasteiger partial charge in [-0.05, 0) is 86.7 Å². The van der Waals surface area contributed by atoms with Crippen molar-refractivity contribution in [1.82, 2.24) is 19.8 Å². The van der Waals surface area contributed by atoms with Crippen LogP contribution in [0.1, 0.15) is 73.7 Å². The highest BCUT2D eigenvalue weighted by Crippen LogP contribution is 2.33. The van der Waals surface area contributed by atoms with Crippen LogP contribution in [0.3, 0.4) is 0 Å². The van der Waals surface area contributed by atoms with Gasteiger partial charge in [0.15, 0.2) is 0 Å². The van der Waals surface area contributed by atoms with Crippen LogP contribution < -0.4 is 10.6 Å². The second-order valence-corrected chi connectivity index (χ2v) is 13.3. The van der Waals surface area contributed by atoms with E-state index in [0.29, 0.717) is 0 Å². The van der Waals surface area contributed by atoms with Gasteiger partial charge in [-0.15, -0.1) is 0 Å². The molecule has 1 heterocycles. The lowest BCUT2D eigenvalue weighted by Crippen LogP contribution is -2.51. The van der Waals surface area contributed by atoms with Gasteiger partial charge in [-0.25, -0.2) is 8.42 Å². The average molecular weight is 565 g/mol. The van der Waals surface area contributed by atoms with E-state index in [-0.39, 0.29) is 23.3 Å². The molecule has 0 bridgehead atoms. The predicted molar refractivity (Wildman–Crippen MR) is 154 cm³/mol. The first-order valence-electron chi connectivity index (χ1n) is 14.4. The number of hydrogen-bond acceptors (Lipinski definition) is 5. The third-order valence-corrected chi connectivity index (χ3v) is 9.85. The Morgan fingerprint density at radius 1 is 1.12 bits per heavy atom. The highest BCUT2D eigenvalue weighted by Gasteiger charge is 2.37. The Morgan fingerprint density at radius 3 is 2.62 bits per heavy atom. The van der Waals surface area contributed by atoms with Crippen molar-refractivity contribution in [3.05, 3.63) is 77.1 Å². The van der Waals surface area contributed by atoms with E-state index in [1.807, 2.05) is 6.92 Å². The van der Waals surface area contributed by atoms with E-state index in [9.17, 15) is 18.0 Å². The summed E-state index contributed by atoms with van der Waals surface area (Å²) in [7, 11) is -4.01. The van der Waals surface area contributed by atoms with Gasteiger partial charge >= 0.3 is 0 Å². The number of nitrogens with one attached hydrogen (secondary N) is 2. The Hall–Kier alpha value is -3.17. The van der Waals surface area contributed by atoms with Crippen LogP contribution in [0.15, 0.2) is 59.8 Å². The Morgan fingerprint density at radius 2 is 1.90 bits per heavy atom. The fourth-order valence-electron chi connectivity index (χ4n) is 5.79. The molecule has 0 unspecified atom stereocenters. The summed E-state index contributed by atoms with van der Waals surface area (Å²) in [6.45, 7) is 7.32. The summed E-state index contributed by atoms with van der Waals surface area (Å²) in [6.07, 6.45) is 8.93. The zero-order chi connectivity index (χ0) is 28.3. The predicted octanol–water partition coefficient (Wildman–Crippen LogP) is 4.16. The lowest BCUT2D eigenvalue weighted by atomic mass is 9.86. The smallest absolute Gasteiger partial charge is 0.264 e. The summed E-state index contributed by atoms with van der Waals surface area (Å²) in [5, 5.41) is 5.66. The van der Waals surface area contributed by atoms with Crippen LogP contribution in [0.25, 0.3) is 0 Å². The lowest BCUT2D eigenvalue weighted by Gasteiger charge is -2.32. The highest BCUT2D eigenvalue weighted by atomic mass is 32.2. The van der Waals surface area contributed by atoms with Gasteiger partial charge in [0.2, 0.25) is 11.8 Å². The van der Waals surface area contributed by atoms with E-state index in [4.69, 9.17) is 0 Å². The van der Waals surface area contributed by atoms with Crippen LogP contribution in [-0.2, 0) is 32.6 Å².